The summed E-state index contributed by atoms with van der Waals surface area (Å²) >= 11 is 5.86. The molecule has 0 aliphatic rings. The number of halogens is 1. The summed E-state index contributed by atoms with van der Waals surface area (Å²) in [7, 11) is 0. The van der Waals surface area contributed by atoms with Crippen molar-refractivity contribution in [2.45, 2.75) is 6.54 Å². The van der Waals surface area contributed by atoms with Gasteiger partial charge in [-0.2, -0.15) is 0 Å². The van der Waals surface area contributed by atoms with Gasteiger partial charge in [-0.05, 0) is 0 Å². The quantitative estimate of drug-likeness (QED) is 0.641. The zero-order valence-electron chi connectivity index (χ0n) is 8.55. The van der Waals surface area contributed by atoms with Gasteiger partial charge in [-0.15, -0.1) is 0 Å². The van der Waals surface area contributed by atoms with Crippen LogP contribution in [0.5, 0.6) is 0 Å². The van der Waals surface area contributed by atoms with E-state index in [1.807, 2.05) is 0 Å². The largest absolute Gasteiger partial charge is 0.363 e. The van der Waals surface area contributed by atoms with E-state index >= 15 is 0 Å². The molecule has 0 aromatic carbocycles. The minimum Gasteiger partial charge on any atom is -0.363 e. The van der Waals surface area contributed by atoms with Gasteiger partial charge in [0.25, 0.3) is 5.69 Å². The third kappa shape index (κ3) is 2.70. The third-order valence-electron chi connectivity index (χ3n) is 2.04. The Balaban J connectivity index is 2.09. The van der Waals surface area contributed by atoms with Gasteiger partial charge in [0, 0.05) is 12.3 Å². The van der Waals surface area contributed by atoms with Crippen LogP contribution in [0.4, 0.5) is 11.5 Å². The zero-order valence-corrected chi connectivity index (χ0v) is 9.31. The molecule has 2 aromatic rings. The molecular formula is C9H8ClN5O2. The summed E-state index contributed by atoms with van der Waals surface area (Å²) < 4.78 is 0. The highest BCUT2D eigenvalue weighted by Gasteiger charge is 2.10. The number of rotatable bonds is 4. The standard InChI is InChI=1S/C9H8ClN5O2/c10-8-1-7(15(16)17)4-13-9(8)12-3-6-2-11-5-14-6/h1-2,4-5H,3H2,(H,11,14)(H,12,13). The maximum atomic E-state index is 10.5. The summed E-state index contributed by atoms with van der Waals surface area (Å²) in [5.41, 5.74) is 0.725. The average Bonchev–Trinajstić information content (AvgIpc) is 2.80. The second-order valence-electron chi connectivity index (χ2n) is 3.21. The molecule has 2 rings (SSSR count). The minimum atomic E-state index is -0.544. The Kier molecular flexibility index (Phi) is 3.20. The summed E-state index contributed by atoms with van der Waals surface area (Å²) in [4.78, 5) is 20.6. The Labute approximate surface area is 101 Å². The van der Waals surface area contributed by atoms with E-state index in [1.165, 1.54) is 6.07 Å². The van der Waals surface area contributed by atoms with E-state index < -0.39 is 4.92 Å². The van der Waals surface area contributed by atoms with Gasteiger partial charge in [0.1, 0.15) is 12.0 Å². The van der Waals surface area contributed by atoms with Gasteiger partial charge in [0.05, 0.1) is 28.5 Å². The average molecular weight is 254 g/mol. The SMILES string of the molecule is O=[N+]([O-])c1cnc(NCc2cnc[nH]2)c(Cl)c1. The van der Waals surface area contributed by atoms with E-state index in [2.05, 4.69) is 20.3 Å². The number of anilines is 1. The monoisotopic (exact) mass is 253 g/mol. The predicted octanol–water partition coefficient (Wildman–Crippen LogP) is 1.98. The maximum absolute atomic E-state index is 10.5. The van der Waals surface area contributed by atoms with E-state index in [9.17, 15) is 10.1 Å². The van der Waals surface area contributed by atoms with Crippen LogP contribution >= 0.6 is 11.6 Å². The summed E-state index contributed by atoms with van der Waals surface area (Å²) in [6, 6.07) is 1.25. The normalized spacial score (nSPS) is 10.2. The lowest BCUT2D eigenvalue weighted by Gasteiger charge is -2.05. The van der Waals surface area contributed by atoms with E-state index in [0.717, 1.165) is 11.9 Å². The number of hydrogen-bond donors (Lipinski definition) is 2. The van der Waals surface area contributed by atoms with E-state index in [4.69, 9.17) is 11.6 Å². The Morgan fingerprint density at radius 2 is 2.35 bits per heavy atom. The first-order valence-corrected chi connectivity index (χ1v) is 5.05. The van der Waals surface area contributed by atoms with Crippen LogP contribution in [-0.4, -0.2) is 19.9 Å². The molecule has 0 aliphatic carbocycles. The van der Waals surface area contributed by atoms with Crippen molar-refractivity contribution in [2.75, 3.05) is 5.32 Å². The molecule has 0 bridgehead atoms. The predicted molar refractivity (Wildman–Crippen MR) is 61.8 cm³/mol. The first-order valence-electron chi connectivity index (χ1n) is 4.68. The van der Waals surface area contributed by atoms with Gasteiger partial charge in [0.15, 0.2) is 0 Å². The molecule has 0 spiro atoms. The minimum absolute atomic E-state index is 0.137. The highest BCUT2D eigenvalue weighted by atomic mass is 35.5. The number of hydrogen-bond acceptors (Lipinski definition) is 5. The van der Waals surface area contributed by atoms with Crippen LogP contribution in [0.2, 0.25) is 5.02 Å². The second kappa shape index (κ2) is 4.79. The van der Waals surface area contributed by atoms with Gasteiger partial charge >= 0.3 is 0 Å². The summed E-state index contributed by atoms with van der Waals surface area (Å²) in [6.45, 7) is 0.463. The number of aromatic amines is 1. The van der Waals surface area contributed by atoms with Crippen LogP contribution in [0.15, 0.2) is 24.8 Å². The van der Waals surface area contributed by atoms with E-state index in [0.29, 0.717) is 12.4 Å². The van der Waals surface area contributed by atoms with Gasteiger partial charge in [-0.3, -0.25) is 10.1 Å². The Morgan fingerprint density at radius 3 is 2.94 bits per heavy atom. The highest BCUT2D eigenvalue weighted by molar-refractivity contribution is 6.33. The fraction of sp³-hybridized carbons (Fsp3) is 0.111. The first kappa shape index (κ1) is 11.3. The molecule has 0 atom stereocenters. The van der Waals surface area contributed by atoms with Crippen LogP contribution in [0.1, 0.15) is 5.69 Å². The Morgan fingerprint density at radius 1 is 1.53 bits per heavy atom. The van der Waals surface area contributed by atoms with Crippen molar-refractivity contribution in [1.29, 1.82) is 0 Å². The van der Waals surface area contributed by atoms with Crippen molar-refractivity contribution < 1.29 is 4.92 Å². The molecule has 0 amide bonds. The van der Waals surface area contributed by atoms with Crippen molar-refractivity contribution >= 4 is 23.1 Å². The Hall–Kier alpha value is -2.15. The van der Waals surface area contributed by atoms with Crippen molar-refractivity contribution in [3.05, 3.63) is 45.6 Å². The van der Waals surface area contributed by atoms with Gasteiger partial charge < -0.3 is 10.3 Å². The van der Waals surface area contributed by atoms with Crippen molar-refractivity contribution in [1.82, 2.24) is 15.0 Å². The van der Waals surface area contributed by atoms with E-state index in [1.54, 1.807) is 12.5 Å². The van der Waals surface area contributed by atoms with Crippen molar-refractivity contribution in [3.63, 3.8) is 0 Å². The molecule has 0 saturated carbocycles. The van der Waals surface area contributed by atoms with Crippen molar-refractivity contribution in [2.24, 2.45) is 0 Å². The zero-order chi connectivity index (χ0) is 12.3. The lowest BCUT2D eigenvalue weighted by atomic mass is 10.4. The molecule has 17 heavy (non-hydrogen) atoms. The molecule has 0 unspecified atom stereocenters. The fourth-order valence-corrected chi connectivity index (χ4v) is 1.45. The number of nitrogens with one attached hydrogen (secondary N) is 2. The topological polar surface area (TPSA) is 96.7 Å². The highest BCUT2D eigenvalue weighted by Crippen LogP contribution is 2.23. The molecule has 0 saturated heterocycles. The lowest BCUT2D eigenvalue weighted by molar-refractivity contribution is -0.385. The molecule has 7 nitrogen and oxygen atoms in total. The number of imidazole rings is 1. The fourth-order valence-electron chi connectivity index (χ4n) is 1.22. The number of H-pyrrole nitrogens is 1. The second-order valence-corrected chi connectivity index (χ2v) is 3.62. The molecule has 2 heterocycles. The molecule has 2 aromatic heterocycles. The smallest absolute Gasteiger partial charge is 0.289 e. The molecule has 2 N–H and O–H groups in total. The van der Waals surface area contributed by atoms with Crippen LogP contribution in [-0.2, 0) is 6.54 Å². The van der Waals surface area contributed by atoms with Gasteiger partial charge in [-0.25, -0.2) is 9.97 Å². The summed E-state index contributed by atoms with van der Waals surface area (Å²) in [5, 5.41) is 13.6. The molecule has 0 aliphatic heterocycles. The number of pyridine rings is 1. The molecule has 0 radical (unpaired) electrons. The maximum Gasteiger partial charge on any atom is 0.289 e. The first-order chi connectivity index (χ1) is 8.16. The number of nitrogens with zero attached hydrogens (tertiary/aromatic N) is 3. The molecule has 0 fully saturated rings. The lowest BCUT2D eigenvalue weighted by Crippen LogP contribution is -2.02. The number of nitro groups is 1. The third-order valence-corrected chi connectivity index (χ3v) is 2.33. The van der Waals surface area contributed by atoms with Crippen LogP contribution < -0.4 is 5.32 Å². The van der Waals surface area contributed by atoms with Gasteiger partial charge in [0.2, 0.25) is 0 Å². The summed E-state index contributed by atoms with van der Waals surface area (Å²) in [5.74, 6) is 0.395. The van der Waals surface area contributed by atoms with E-state index in [-0.39, 0.29) is 10.7 Å². The number of aromatic nitrogens is 3. The molecule has 8 heteroatoms. The molecular weight excluding hydrogens is 246 g/mol. The van der Waals surface area contributed by atoms with Crippen LogP contribution in [0.25, 0.3) is 0 Å². The van der Waals surface area contributed by atoms with Crippen LogP contribution in [0, 0.1) is 10.1 Å². The Bertz CT molecular complexity index is 528. The summed E-state index contributed by atoms with van der Waals surface area (Å²) in [6.07, 6.45) is 4.37. The van der Waals surface area contributed by atoms with Crippen molar-refractivity contribution in [3.8, 4) is 0 Å². The molecule has 88 valence electrons. The van der Waals surface area contributed by atoms with Crippen LogP contribution in [0.3, 0.4) is 0 Å². The van der Waals surface area contributed by atoms with Gasteiger partial charge in [-0.1, -0.05) is 11.6 Å².